The maximum atomic E-state index is 5.40. The Morgan fingerprint density at radius 1 is 0.474 bits per heavy atom. The number of rotatable bonds is 8. The van der Waals surface area contributed by atoms with Crippen molar-refractivity contribution in [3.63, 3.8) is 0 Å². The van der Waals surface area contributed by atoms with Gasteiger partial charge in [0.25, 0.3) is 0 Å². The third kappa shape index (κ3) is 6.36. The molecule has 0 bridgehead atoms. The average Bonchev–Trinajstić information content (AvgIpc) is 2.96. The minimum Gasteiger partial charge on any atom is -0.494 e. The van der Waals surface area contributed by atoms with Crippen molar-refractivity contribution in [2.45, 2.75) is 13.8 Å². The predicted molar refractivity (Wildman–Crippen MR) is 170 cm³/mol. The van der Waals surface area contributed by atoms with Gasteiger partial charge in [-0.2, -0.15) is 21.9 Å². The number of benzene rings is 5. The molecule has 0 spiro atoms. The summed E-state index contributed by atoms with van der Waals surface area (Å²) in [6, 6.07) is 49.5. The fraction of sp³-hybridized carbons (Fsp3) is 0.118. The van der Waals surface area contributed by atoms with Crippen LogP contribution < -0.4 is 36.6 Å². The molecular formula is C34H36BO2P. The molecule has 192 valence electrons. The van der Waals surface area contributed by atoms with Crippen LogP contribution in [0.5, 0.6) is 11.5 Å². The quantitative estimate of drug-likeness (QED) is 0.218. The Labute approximate surface area is 229 Å². The third-order valence-corrected chi connectivity index (χ3v) is 7.17. The molecule has 1 atom stereocenters. The highest BCUT2D eigenvalue weighted by Gasteiger charge is 2.31. The molecule has 5 rings (SSSR count). The van der Waals surface area contributed by atoms with E-state index in [0.717, 1.165) is 11.5 Å². The van der Waals surface area contributed by atoms with Gasteiger partial charge in [0.15, 0.2) is 0 Å². The molecule has 0 aromatic heterocycles. The van der Waals surface area contributed by atoms with Crippen LogP contribution in [-0.4, -0.2) is 19.4 Å². The highest BCUT2D eigenvalue weighted by Crippen LogP contribution is 2.19. The summed E-state index contributed by atoms with van der Waals surface area (Å²) in [5.74, 6) is 1.77. The van der Waals surface area contributed by atoms with E-state index in [1.165, 1.54) is 27.2 Å². The zero-order valence-electron chi connectivity index (χ0n) is 22.3. The molecule has 0 aliphatic carbocycles. The summed E-state index contributed by atoms with van der Waals surface area (Å²) in [6.45, 7) is 5.34. The molecular weight excluding hydrogens is 482 g/mol. The van der Waals surface area contributed by atoms with Gasteiger partial charge in [-0.3, -0.25) is 0 Å². The predicted octanol–water partition coefficient (Wildman–Crippen LogP) is 4.78. The van der Waals surface area contributed by atoms with Crippen LogP contribution in [0.1, 0.15) is 13.8 Å². The van der Waals surface area contributed by atoms with E-state index >= 15 is 0 Å². The molecule has 0 amide bonds. The molecule has 0 radical (unpaired) electrons. The molecule has 0 aliphatic heterocycles. The molecule has 38 heavy (non-hydrogen) atoms. The van der Waals surface area contributed by atoms with E-state index in [1.54, 1.807) is 0 Å². The van der Waals surface area contributed by atoms with Crippen molar-refractivity contribution in [2.75, 3.05) is 13.2 Å². The maximum absolute atomic E-state index is 5.40. The van der Waals surface area contributed by atoms with Gasteiger partial charge in [-0.05, 0) is 13.8 Å². The number of hydrogen-bond donors (Lipinski definition) is 0. The number of hydrogen-bond acceptors (Lipinski definition) is 2. The molecule has 0 saturated heterocycles. The monoisotopic (exact) mass is 518 g/mol. The maximum Gasteiger partial charge on any atom is 0.126 e. The van der Waals surface area contributed by atoms with Gasteiger partial charge in [-0.25, -0.2) is 0 Å². The number of ether oxygens (including phenoxy) is 2. The topological polar surface area (TPSA) is 18.5 Å². The Balaban J connectivity index is 0.000000219. The van der Waals surface area contributed by atoms with Crippen LogP contribution in [0.15, 0.2) is 140 Å². The molecule has 0 fully saturated rings. The van der Waals surface area contributed by atoms with E-state index in [4.69, 9.17) is 9.47 Å². The van der Waals surface area contributed by atoms with Gasteiger partial charge in [-0.15, -0.1) is 0 Å². The smallest absolute Gasteiger partial charge is 0.126 e. The van der Waals surface area contributed by atoms with Crippen LogP contribution in [0.25, 0.3) is 0 Å². The lowest BCUT2D eigenvalue weighted by atomic mass is 9.13. The molecule has 1 unspecified atom stereocenters. The molecule has 0 aliphatic rings. The van der Waals surface area contributed by atoms with Crippen LogP contribution in [0.2, 0.25) is 0 Å². The summed E-state index contributed by atoms with van der Waals surface area (Å²) in [5.41, 5.74) is 5.36. The molecule has 4 heteroatoms. The fourth-order valence-corrected chi connectivity index (χ4v) is 5.65. The summed E-state index contributed by atoms with van der Waals surface area (Å²) in [4.78, 5) is 0. The Morgan fingerprint density at radius 2 is 0.763 bits per heavy atom. The van der Waals surface area contributed by atoms with Crippen molar-refractivity contribution in [1.29, 1.82) is 0 Å². The van der Waals surface area contributed by atoms with Crippen LogP contribution in [-0.2, 0) is 0 Å². The highest BCUT2D eigenvalue weighted by molar-refractivity contribution is 7.27. The summed E-state index contributed by atoms with van der Waals surface area (Å²) in [6.07, 6.45) is -1.22. The Hall–Kier alpha value is -3.81. The second-order valence-corrected chi connectivity index (χ2v) is 10.0. The zero-order valence-corrected chi connectivity index (χ0v) is 23.7. The fourth-order valence-electron chi connectivity index (χ4n) is 5.25. The Kier molecular flexibility index (Phi) is 9.79. The van der Waals surface area contributed by atoms with Crippen molar-refractivity contribution >= 4 is 42.5 Å². The van der Waals surface area contributed by atoms with Crippen LogP contribution in [0, 0.1) is 0 Å². The second-order valence-electron chi connectivity index (χ2n) is 9.19. The van der Waals surface area contributed by atoms with Crippen LogP contribution in [0.3, 0.4) is 0 Å². The van der Waals surface area contributed by atoms with Crippen molar-refractivity contribution in [2.24, 2.45) is 0 Å². The first-order valence-corrected chi connectivity index (χ1v) is 14.0. The molecule has 0 saturated carbocycles. The van der Waals surface area contributed by atoms with Gasteiger partial charge in [0.05, 0.1) is 18.5 Å². The van der Waals surface area contributed by atoms with Crippen LogP contribution >= 0.6 is 9.24 Å². The second kappa shape index (κ2) is 13.7. The third-order valence-electron chi connectivity index (χ3n) is 6.76. The van der Waals surface area contributed by atoms with E-state index in [1.807, 2.05) is 41.3 Å². The van der Waals surface area contributed by atoms with E-state index < -0.39 is 6.15 Å². The first-order chi connectivity index (χ1) is 18.7. The highest BCUT2D eigenvalue weighted by atomic mass is 31.0. The Bertz CT molecular complexity index is 1190. The Morgan fingerprint density at radius 3 is 1.03 bits per heavy atom. The average molecular weight is 518 g/mol. The van der Waals surface area contributed by atoms with Gasteiger partial charge in [0.1, 0.15) is 17.6 Å². The normalized spacial score (nSPS) is 10.8. The van der Waals surface area contributed by atoms with Gasteiger partial charge >= 0.3 is 0 Å². The van der Waals surface area contributed by atoms with Crippen molar-refractivity contribution in [1.82, 2.24) is 0 Å². The van der Waals surface area contributed by atoms with Gasteiger partial charge in [0.2, 0.25) is 0 Å². The van der Waals surface area contributed by atoms with Crippen molar-refractivity contribution < 1.29 is 9.47 Å². The van der Waals surface area contributed by atoms with E-state index in [0.29, 0.717) is 13.2 Å². The molecule has 5 aromatic carbocycles. The van der Waals surface area contributed by atoms with E-state index in [2.05, 4.69) is 121 Å². The van der Waals surface area contributed by atoms with Gasteiger partial charge in [0, 0.05) is 27.4 Å². The molecule has 2 nitrogen and oxygen atoms in total. The van der Waals surface area contributed by atoms with E-state index in [-0.39, 0.29) is 0 Å². The minimum absolute atomic E-state index is 0.693. The lowest BCUT2D eigenvalue weighted by molar-refractivity contribution is 0.323. The zero-order chi connectivity index (χ0) is 26.6. The summed E-state index contributed by atoms with van der Waals surface area (Å²) >= 11 is 0. The van der Waals surface area contributed by atoms with Gasteiger partial charge < -0.3 is 9.47 Å². The summed E-state index contributed by atoms with van der Waals surface area (Å²) < 4.78 is 10.8. The molecule has 0 N–H and O–H groups in total. The lowest BCUT2D eigenvalue weighted by Gasteiger charge is -2.44. The minimum atomic E-state index is -1.22. The standard InChI is InChI=1S/C24H20B.C10H15O2P/c1-5-13-21(14-6-1)25(22-15-7-2-8-16-22,23-17-9-3-10-18-23)24-19-11-4-12-20-24;1-3-11-8-5-9(12-4-2)7-10(13)6-8/h1-20H;5-7H,3-4,13H2,1-2H3/q-1;/p+1. The van der Waals surface area contributed by atoms with Crippen molar-refractivity contribution in [3.05, 3.63) is 140 Å². The lowest BCUT2D eigenvalue weighted by Crippen LogP contribution is -2.74. The van der Waals surface area contributed by atoms with E-state index in [9.17, 15) is 0 Å². The first-order valence-electron chi connectivity index (χ1n) is 13.3. The largest absolute Gasteiger partial charge is 0.494 e. The summed E-state index contributed by atoms with van der Waals surface area (Å²) in [5, 5.41) is 1.19. The molecule has 0 heterocycles. The van der Waals surface area contributed by atoms with Gasteiger partial charge in [-0.1, -0.05) is 121 Å². The first kappa shape index (κ1) is 27.2. The molecule has 5 aromatic rings. The summed E-state index contributed by atoms with van der Waals surface area (Å²) in [7, 11) is 1.83. The SMILES string of the molecule is CCOc1cc([PH3+])cc(OCC)c1.c1ccc([B-](c2ccccc2)(c2ccccc2)c2ccccc2)cc1. The van der Waals surface area contributed by atoms with Crippen LogP contribution in [0.4, 0.5) is 0 Å². The van der Waals surface area contributed by atoms with Crippen molar-refractivity contribution in [3.8, 4) is 11.5 Å².